The molecular weight excluding hydrogens is 452 g/mol. The van der Waals surface area contributed by atoms with Crippen LogP contribution < -0.4 is 4.74 Å². The van der Waals surface area contributed by atoms with E-state index in [1.165, 1.54) is 16.2 Å². The Balaban J connectivity index is 1.38. The van der Waals surface area contributed by atoms with E-state index in [4.69, 9.17) is 9.47 Å². The predicted octanol–water partition coefficient (Wildman–Crippen LogP) is 5.61. The van der Waals surface area contributed by atoms with E-state index in [0.29, 0.717) is 12.2 Å². The van der Waals surface area contributed by atoms with E-state index < -0.39 is 18.1 Å². The number of aryl methyl sites for hydroxylation is 1. The minimum absolute atomic E-state index is 0.184. The molecule has 5 rings (SSSR count). The molecule has 2 atom stereocenters. The molecule has 6 heteroatoms. The fourth-order valence-corrected chi connectivity index (χ4v) is 4.86. The molecule has 1 saturated heterocycles. The molecule has 1 aliphatic heterocycles. The number of ether oxygens (including phenoxy) is 2. The second-order valence-electron chi connectivity index (χ2n) is 9.14. The summed E-state index contributed by atoms with van der Waals surface area (Å²) >= 11 is 0. The third-order valence-electron chi connectivity index (χ3n) is 6.70. The van der Waals surface area contributed by atoms with Gasteiger partial charge in [-0.1, -0.05) is 73.7 Å². The topological polar surface area (TPSA) is 60.8 Å². The molecule has 2 heterocycles. The van der Waals surface area contributed by atoms with Gasteiger partial charge in [0, 0.05) is 17.6 Å². The zero-order chi connectivity index (χ0) is 25.1. The van der Waals surface area contributed by atoms with E-state index in [9.17, 15) is 9.59 Å². The first-order valence-corrected chi connectivity index (χ1v) is 12.4. The summed E-state index contributed by atoms with van der Waals surface area (Å²) in [5, 5.41) is 0.953. The van der Waals surface area contributed by atoms with Crippen molar-refractivity contribution in [1.29, 1.82) is 0 Å². The van der Waals surface area contributed by atoms with E-state index in [-0.39, 0.29) is 12.6 Å². The lowest BCUT2D eigenvalue weighted by molar-refractivity contribution is -0.135. The SMILES string of the molecule is CCc1cc2c(O[C@@H](C)C(=O)N3C(=O)OC[C@@H]3Cc3ccccc3)cccc2n1Cc1ccccc1. The number of imide groups is 1. The van der Waals surface area contributed by atoms with Gasteiger partial charge in [0.15, 0.2) is 6.10 Å². The molecule has 6 nitrogen and oxygen atoms in total. The molecule has 184 valence electrons. The number of nitrogens with zero attached hydrogens (tertiary/aromatic N) is 2. The summed E-state index contributed by atoms with van der Waals surface area (Å²) < 4.78 is 13.7. The van der Waals surface area contributed by atoms with Gasteiger partial charge < -0.3 is 14.0 Å². The van der Waals surface area contributed by atoms with Crippen molar-refractivity contribution in [2.45, 2.75) is 45.4 Å². The van der Waals surface area contributed by atoms with Crippen LogP contribution in [0.15, 0.2) is 84.9 Å². The van der Waals surface area contributed by atoms with Gasteiger partial charge in [-0.3, -0.25) is 4.79 Å². The highest BCUT2D eigenvalue weighted by molar-refractivity contribution is 5.96. The number of amides is 2. The monoisotopic (exact) mass is 482 g/mol. The minimum Gasteiger partial charge on any atom is -0.480 e. The van der Waals surface area contributed by atoms with Crippen molar-refractivity contribution in [2.24, 2.45) is 0 Å². The largest absolute Gasteiger partial charge is 0.480 e. The molecular formula is C30H30N2O4. The fourth-order valence-electron chi connectivity index (χ4n) is 4.86. The van der Waals surface area contributed by atoms with Crippen LogP contribution in [0, 0.1) is 0 Å². The van der Waals surface area contributed by atoms with Crippen LogP contribution in [0.1, 0.15) is 30.7 Å². The molecule has 2 amide bonds. The molecule has 0 N–H and O–H groups in total. The van der Waals surface area contributed by atoms with E-state index in [2.05, 4.69) is 35.8 Å². The maximum absolute atomic E-state index is 13.4. The van der Waals surface area contributed by atoms with E-state index in [1.54, 1.807) is 6.92 Å². The lowest BCUT2D eigenvalue weighted by Gasteiger charge is -2.23. The van der Waals surface area contributed by atoms with Gasteiger partial charge in [0.2, 0.25) is 0 Å². The highest BCUT2D eigenvalue weighted by Gasteiger charge is 2.40. The first kappa shape index (κ1) is 23.7. The molecule has 0 unspecified atom stereocenters. The number of hydrogen-bond acceptors (Lipinski definition) is 4. The molecule has 0 saturated carbocycles. The quantitative estimate of drug-likeness (QED) is 0.328. The highest BCUT2D eigenvalue weighted by Crippen LogP contribution is 2.31. The summed E-state index contributed by atoms with van der Waals surface area (Å²) in [5.41, 5.74) is 4.51. The molecule has 4 aromatic rings. The Morgan fingerprint density at radius 2 is 1.69 bits per heavy atom. The number of aromatic nitrogens is 1. The van der Waals surface area contributed by atoms with Crippen LogP contribution in [0.2, 0.25) is 0 Å². The van der Waals surface area contributed by atoms with Crippen LogP contribution in [0.3, 0.4) is 0 Å². The number of carbonyl (C=O) groups excluding carboxylic acids is 2. The minimum atomic E-state index is -0.845. The average molecular weight is 483 g/mol. The van der Waals surface area contributed by atoms with Gasteiger partial charge in [-0.15, -0.1) is 0 Å². The summed E-state index contributed by atoms with van der Waals surface area (Å²) in [5.74, 6) is 0.233. The molecule has 0 bridgehead atoms. The lowest BCUT2D eigenvalue weighted by atomic mass is 10.1. The molecule has 0 aliphatic carbocycles. The average Bonchev–Trinajstić information content (AvgIpc) is 3.45. The smallest absolute Gasteiger partial charge is 0.417 e. The Hall–Kier alpha value is -4.06. The third kappa shape index (κ3) is 4.71. The molecule has 1 fully saturated rings. The summed E-state index contributed by atoms with van der Waals surface area (Å²) in [7, 11) is 0. The maximum atomic E-state index is 13.4. The van der Waals surface area contributed by atoms with Crippen molar-refractivity contribution in [3.8, 4) is 5.75 Å². The van der Waals surface area contributed by atoms with Crippen molar-refractivity contribution in [3.05, 3.63) is 102 Å². The standard InChI is InChI=1S/C30H30N2O4/c1-3-24-18-26-27(31(24)19-23-13-8-5-9-14-23)15-10-16-28(26)36-21(2)29(33)32-25(20-35-30(32)34)17-22-11-6-4-7-12-22/h4-16,18,21,25H,3,17,19-20H2,1-2H3/t21-,25-/m0/s1. The Morgan fingerprint density at radius 3 is 2.39 bits per heavy atom. The Labute approximate surface area is 211 Å². The van der Waals surface area contributed by atoms with Gasteiger partial charge in [0.25, 0.3) is 5.91 Å². The van der Waals surface area contributed by atoms with E-state index in [1.807, 2.05) is 60.7 Å². The van der Waals surface area contributed by atoms with Crippen LogP contribution in [-0.4, -0.2) is 40.2 Å². The predicted molar refractivity (Wildman–Crippen MR) is 139 cm³/mol. The molecule has 0 spiro atoms. The Bertz CT molecular complexity index is 1360. The van der Waals surface area contributed by atoms with Crippen molar-refractivity contribution in [3.63, 3.8) is 0 Å². The fraction of sp³-hybridized carbons (Fsp3) is 0.267. The van der Waals surface area contributed by atoms with E-state index >= 15 is 0 Å². The molecule has 0 radical (unpaired) electrons. The number of rotatable bonds is 8. The van der Waals surface area contributed by atoms with Gasteiger partial charge in [-0.05, 0) is 49.1 Å². The van der Waals surface area contributed by atoms with Gasteiger partial charge in [-0.2, -0.15) is 0 Å². The zero-order valence-corrected chi connectivity index (χ0v) is 20.6. The van der Waals surface area contributed by atoms with Gasteiger partial charge in [0.1, 0.15) is 12.4 Å². The van der Waals surface area contributed by atoms with Crippen LogP contribution in [0.4, 0.5) is 4.79 Å². The van der Waals surface area contributed by atoms with Crippen molar-refractivity contribution < 1.29 is 19.1 Å². The number of benzene rings is 3. The van der Waals surface area contributed by atoms with Crippen LogP contribution in [0.25, 0.3) is 10.9 Å². The molecule has 3 aromatic carbocycles. The first-order valence-electron chi connectivity index (χ1n) is 12.4. The number of hydrogen-bond donors (Lipinski definition) is 0. The van der Waals surface area contributed by atoms with Crippen LogP contribution >= 0.6 is 0 Å². The second kappa shape index (κ2) is 10.3. The second-order valence-corrected chi connectivity index (χ2v) is 9.14. The number of fused-ring (bicyclic) bond motifs is 1. The summed E-state index contributed by atoms with van der Waals surface area (Å²) in [4.78, 5) is 27.0. The van der Waals surface area contributed by atoms with Crippen molar-refractivity contribution in [2.75, 3.05) is 6.61 Å². The third-order valence-corrected chi connectivity index (χ3v) is 6.70. The van der Waals surface area contributed by atoms with Gasteiger partial charge in [-0.25, -0.2) is 9.69 Å². The normalized spacial score (nSPS) is 16.2. The lowest BCUT2D eigenvalue weighted by Crippen LogP contribution is -2.46. The summed E-state index contributed by atoms with van der Waals surface area (Å²) in [6.07, 6.45) is -0.0436. The van der Waals surface area contributed by atoms with Gasteiger partial charge in [0.05, 0.1) is 11.6 Å². The number of carbonyl (C=O) groups is 2. The zero-order valence-electron chi connectivity index (χ0n) is 20.6. The van der Waals surface area contributed by atoms with Crippen LogP contribution in [0.5, 0.6) is 5.75 Å². The Morgan fingerprint density at radius 1 is 1.00 bits per heavy atom. The maximum Gasteiger partial charge on any atom is 0.417 e. The number of cyclic esters (lactones) is 1. The molecule has 1 aromatic heterocycles. The summed E-state index contributed by atoms with van der Waals surface area (Å²) in [6.45, 7) is 4.76. The highest BCUT2D eigenvalue weighted by atomic mass is 16.6. The van der Waals surface area contributed by atoms with Crippen molar-refractivity contribution in [1.82, 2.24) is 9.47 Å². The Kier molecular flexibility index (Phi) is 6.76. The summed E-state index contributed by atoms with van der Waals surface area (Å²) in [6, 6.07) is 27.8. The first-order chi connectivity index (χ1) is 17.5. The molecule has 1 aliphatic rings. The van der Waals surface area contributed by atoms with Gasteiger partial charge >= 0.3 is 6.09 Å². The van der Waals surface area contributed by atoms with Crippen LogP contribution in [-0.2, 0) is 28.9 Å². The van der Waals surface area contributed by atoms with E-state index in [0.717, 1.165) is 29.4 Å². The molecule has 36 heavy (non-hydrogen) atoms. The van der Waals surface area contributed by atoms with Crippen molar-refractivity contribution >= 4 is 22.9 Å².